The van der Waals surface area contributed by atoms with Crippen molar-refractivity contribution in [3.63, 3.8) is 0 Å². The molecule has 0 unspecified atom stereocenters. The van der Waals surface area contributed by atoms with E-state index < -0.39 is 0 Å². The fraction of sp³-hybridized carbons (Fsp3) is 0.222. The maximum Gasteiger partial charge on any atom is -0.0219 e. The number of aryl methyl sites for hydroxylation is 1. The van der Waals surface area contributed by atoms with Gasteiger partial charge in [-0.1, -0.05) is 80.1 Å². The largest absolute Gasteiger partial charge is 0.0587 e. The van der Waals surface area contributed by atoms with Gasteiger partial charge in [-0.2, -0.15) is 0 Å². The van der Waals surface area contributed by atoms with Crippen LogP contribution in [0.1, 0.15) is 42.0 Å². The topological polar surface area (TPSA) is 0 Å². The Morgan fingerprint density at radius 2 is 1.17 bits per heavy atom. The fourth-order valence-corrected chi connectivity index (χ4v) is 1.86. The van der Waals surface area contributed by atoms with E-state index in [9.17, 15) is 0 Å². The van der Waals surface area contributed by atoms with Crippen LogP contribution in [0.5, 0.6) is 0 Å². The van der Waals surface area contributed by atoms with Gasteiger partial charge in [-0.15, -0.1) is 0 Å². The lowest BCUT2D eigenvalue weighted by Gasteiger charge is -2.04. The first-order valence-electron chi connectivity index (χ1n) is 6.50. The van der Waals surface area contributed by atoms with E-state index in [1.165, 1.54) is 22.3 Å². The predicted octanol–water partition coefficient (Wildman–Crippen LogP) is 5.29. The Labute approximate surface area is 110 Å². The zero-order chi connectivity index (χ0) is 13.0. The Bertz CT molecular complexity index is 513. The Hall–Kier alpha value is -1.82. The van der Waals surface area contributed by atoms with E-state index >= 15 is 0 Å². The van der Waals surface area contributed by atoms with E-state index in [1.54, 1.807) is 0 Å². The SMILES string of the molecule is Cc1ccc(C=Cc2ccc(C(C)C)cc2)cc1. The molecule has 0 heterocycles. The molecule has 0 N–H and O–H groups in total. The van der Waals surface area contributed by atoms with Crippen LogP contribution in [0.25, 0.3) is 12.2 Å². The summed E-state index contributed by atoms with van der Waals surface area (Å²) in [5.74, 6) is 0.597. The molecule has 2 aromatic rings. The molecule has 0 saturated carbocycles. The smallest absolute Gasteiger partial charge is 0.0219 e. The highest BCUT2D eigenvalue weighted by Gasteiger charge is 1.97. The Morgan fingerprint density at radius 1 is 0.722 bits per heavy atom. The molecule has 0 nitrogen and oxygen atoms in total. The van der Waals surface area contributed by atoms with E-state index in [2.05, 4.69) is 81.5 Å². The first-order chi connectivity index (χ1) is 8.65. The second kappa shape index (κ2) is 5.68. The Balaban J connectivity index is 2.11. The lowest BCUT2D eigenvalue weighted by atomic mass is 10.0. The lowest BCUT2D eigenvalue weighted by Crippen LogP contribution is -1.85. The van der Waals surface area contributed by atoms with Crippen LogP contribution in [0.4, 0.5) is 0 Å². The molecule has 0 heteroatoms. The first-order valence-corrected chi connectivity index (χ1v) is 6.50. The van der Waals surface area contributed by atoms with Crippen LogP contribution in [-0.2, 0) is 0 Å². The molecule has 0 aliphatic heterocycles. The monoisotopic (exact) mass is 236 g/mol. The van der Waals surface area contributed by atoms with Crippen LogP contribution >= 0.6 is 0 Å². The van der Waals surface area contributed by atoms with Crippen molar-refractivity contribution in [3.05, 3.63) is 70.8 Å². The standard InChI is InChI=1S/C18H20/c1-14(2)18-12-10-17(11-13-18)9-8-16-6-4-15(3)5-7-16/h4-14H,1-3H3. The van der Waals surface area contributed by atoms with Gasteiger partial charge in [0.25, 0.3) is 0 Å². The third-order valence-corrected chi connectivity index (χ3v) is 3.15. The van der Waals surface area contributed by atoms with Crippen LogP contribution in [-0.4, -0.2) is 0 Å². The number of hydrogen-bond donors (Lipinski definition) is 0. The summed E-state index contributed by atoms with van der Waals surface area (Å²) in [6.45, 7) is 6.55. The molecule has 0 aliphatic rings. The minimum absolute atomic E-state index is 0.597. The van der Waals surface area contributed by atoms with Crippen LogP contribution in [0.2, 0.25) is 0 Å². The van der Waals surface area contributed by atoms with Crippen LogP contribution in [0.3, 0.4) is 0 Å². The summed E-state index contributed by atoms with van der Waals surface area (Å²) in [5, 5.41) is 0. The predicted molar refractivity (Wildman–Crippen MR) is 80.6 cm³/mol. The molecule has 92 valence electrons. The summed E-state index contributed by atoms with van der Waals surface area (Å²) in [6, 6.07) is 17.4. The molecule has 2 aromatic carbocycles. The zero-order valence-electron chi connectivity index (χ0n) is 11.4. The van der Waals surface area contributed by atoms with E-state index in [0.717, 1.165) is 0 Å². The third kappa shape index (κ3) is 3.33. The average Bonchev–Trinajstić information content (AvgIpc) is 2.38. The summed E-state index contributed by atoms with van der Waals surface area (Å²) in [5.41, 5.74) is 5.18. The molecular weight excluding hydrogens is 216 g/mol. The third-order valence-electron chi connectivity index (χ3n) is 3.15. The molecule has 2 rings (SSSR count). The second-order valence-corrected chi connectivity index (χ2v) is 5.07. The van der Waals surface area contributed by atoms with Crippen LogP contribution in [0.15, 0.2) is 48.5 Å². The van der Waals surface area contributed by atoms with Gasteiger partial charge in [0.15, 0.2) is 0 Å². The summed E-state index contributed by atoms with van der Waals surface area (Å²) < 4.78 is 0. The van der Waals surface area contributed by atoms with Gasteiger partial charge in [-0.3, -0.25) is 0 Å². The quantitative estimate of drug-likeness (QED) is 0.635. The summed E-state index contributed by atoms with van der Waals surface area (Å²) in [4.78, 5) is 0. The summed E-state index contributed by atoms with van der Waals surface area (Å²) in [6.07, 6.45) is 4.32. The number of hydrogen-bond acceptors (Lipinski definition) is 0. The van der Waals surface area contributed by atoms with E-state index in [0.29, 0.717) is 5.92 Å². The normalized spacial score (nSPS) is 11.3. The van der Waals surface area contributed by atoms with Gasteiger partial charge in [0, 0.05) is 0 Å². The first kappa shape index (κ1) is 12.6. The highest BCUT2D eigenvalue weighted by atomic mass is 14.0. The van der Waals surface area contributed by atoms with Crippen LogP contribution < -0.4 is 0 Å². The molecule has 0 aromatic heterocycles. The van der Waals surface area contributed by atoms with Crippen LogP contribution in [0, 0.1) is 6.92 Å². The van der Waals surface area contributed by atoms with Gasteiger partial charge in [0.05, 0.1) is 0 Å². The molecule has 18 heavy (non-hydrogen) atoms. The zero-order valence-corrected chi connectivity index (χ0v) is 11.4. The van der Waals surface area contributed by atoms with E-state index in [1.807, 2.05) is 0 Å². The van der Waals surface area contributed by atoms with E-state index in [-0.39, 0.29) is 0 Å². The summed E-state index contributed by atoms with van der Waals surface area (Å²) >= 11 is 0. The molecular formula is C18H20. The Morgan fingerprint density at radius 3 is 1.61 bits per heavy atom. The van der Waals surface area contributed by atoms with Crippen molar-refractivity contribution >= 4 is 12.2 Å². The molecule has 0 radical (unpaired) electrons. The van der Waals surface area contributed by atoms with Crippen molar-refractivity contribution < 1.29 is 0 Å². The Kier molecular flexibility index (Phi) is 3.99. The molecule has 0 amide bonds. The summed E-state index contributed by atoms with van der Waals surface area (Å²) in [7, 11) is 0. The molecule has 0 fully saturated rings. The highest BCUT2D eigenvalue weighted by molar-refractivity contribution is 5.69. The van der Waals surface area contributed by atoms with Crippen molar-refractivity contribution in [2.45, 2.75) is 26.7 Å². The van der Waals surface area contributed by atoms with Gasteiger partial charge in [-0.25, -0.2) is 0 Å². The minimum atomic E-state index is 0.597. The van der Waals surface area contributed by atoms with Crippen molar-refractivity contribution in [1.82, 2.24) is 0 Å². The second-order valence-electron chi connectivity index (χ2n) is 5.07. The van der Waals surface area contributed by atoms with Gasteiger partial charge in [0.2, 0.25) is 0 Å². The molecule has 0 spiro atoms. The van der Waals surface area contributed by atoms with Gasteiger partial charge in [0.1, 0.15) is 0 Å². The fourth-order valence-electron chi connectivity index (χ4n) is 1.86. The molecule has 0 aliphatic carbocycles. The average molecular weight is 236 g/mol. The van der Waals surface area contributed by atoms with Crippen molar-refractivity contribution in [1.29, 1.82) is 0 Å². The number of rotatable bonds is 3. The van der Waals surface area contributed by atoms with Crippen molar-refractivity contribution in [3.8, 4) is 0 Å². The lowest BCUT2D eigenvalue weighted by molar-refractivity contribution is 0.866. The van der Waals surface area contributed by atoms with Gasteiger partial charge >= 0.3 is 0 Å². The van der Waals surface area contributed by atoms with E-state index in [4.69, 9.17) is 0 Å². The molecule has 0 saturated heterocycles. The molecule has 0 bridgehead atoms. The maximum atomic E-state index is 2.22. The minimum Gasteiger partial charge on any atom is -0.0587 e. The highest BCUT2D eigenvalue weighted by Crippen LogP contribution is 2.16. The number of benzene rings is 2. The van der Waals surface area contributed by atoms with Gasteiger partial charge < -0.3 is 0 Å². The van der Waals surface area contributed by atoms with Crippen molar-refractivity contribution in [2.24, 2.45) is 0 Å². The van der Waals surface area contributed by atoms with Gasteiger partial charge in [-0.05, 0) is 29.5 Å². The van der Waals surface area contributed by atoms with Crippen molar-refractivity contribution in [2.75, 3.05) is 0 Å². The maximum absolute atomic E-state index is 2.22. The molecule has 0 atom stereocenters.